The molecule has 1 aromatic rings. The van der Waals surface area contributed by atoms with Gasteiger partial charge in [0.15, 0.2) is 0 Å². The van der Waals surface area contributed by atoms with Gasteiger partial charge in [-0.3, -0.25) is 0 Å². The van der Waals surface area contributed by atoms with Gasteiger partial charge in [0.25, 0.3) is 0 Å². The predicted octanol–water partition coefficient (Wildman–Crippen LogP) is 2.27. The topological polar surface area (TPSA) is 57.6 Å². The first-order chi connectivity index (χ1) is 10.1. The van der Waals surface area contributed by atoms with Gasteiger partial charge in [0.05, 0.1) is 12.4 Å². The standard InChI is InChI=1S/C16H23NO3S/c18-11-13-4-1-5-14(10-13)12-21(19,20)17-9-3-7-15-6-2-8-16(15)17/h1,4-5,10,15-16,18H,2-3,6-9,11-12H2. The first-order valence-corrected chi connectivity index (χ1v) is 9.39. The van der Waals surface area contributed by atoms with Gasteiger partial charge >= 0.3 is 0 Å². The van der Waals surface area contributed by atoms with Gasteiger partial charge in [-0.2, -0.15) is 4.31 Å². The van der Waals surface area contributed by atoms with Gasteiger partial charge in [-0.25, -0.2) is 8.42 Å². The van der Waals surface area contributed by atoms with Crippen molar-refractivity contribution in [1.29, 1.82) is 0 Å². The van der Waals surface area contributed by atoms with Crippen molar-refractivity contribution in [2.24, 2.45) is 5.92 Å². The van der Waals surface area contributed by atoms with Crippen molar-refractivity contribution in [2.45, 2.75) is 50.5 Å². The summed E-state index contributed by atoms with van der Waals surface area (Å²) in [4.78, 5) is 0. The summed E-state index contributed by atoms with van der Waals surface area (Å²) in [7, 11) is -3.26. The van der Waals surface area contributed by atoms with Crippen LogP contribution in [0.15, 0.2) is 24.3 Å². The summed E-state index contributed by atoms with van der Waals surface area (Å²) in [5.41, 5.74) is 1.53. The molecule has 5 heteroatoms. The Hall–Kier alpha value is -0.910. The molecule has 1 N–H and O–H groups in total. The lowest BCUT2D eigenvalue weighted by Crippen LogP contribution is -2.46. The van der Waals surface area contributed by atoms with Crippen molar-refractivity contribution < 1.29 is 13.5 Å². The maximum atomic E-state index is 12.8. The zero-order valence-corrected chi connectivity index (χ0v) is 13.1. The van der Waals surface area contributed by atoms with E-state index in [-0.39, 0.29) is 18.4 Å². The maximum absolute atomic E-state index is 12.8. The van der Waals surface area contributed by atoms with Crippen LogP contribution in [-0.4, -0.2) is 30.4 Å². The number of piperidine rings is 1. The molecule has 2 unspecified atom stereocenters. The van der Waals surface area contributed by atoms with E-state index in [0.717, 1.165) is 30.4 Å². The molecule has 0 spiro atoms. The monoisotopic (exact) mass is 309 g/mol. The molecule has 1 saturated heterocycles. The second-order valence-corrected chi connectivity index (χ2v) is 8.17. The summed E-state index contributed by atoms with van der Waals surface area (Å²) in [6.07, 6.45) is 5.51. The molecule has 3 rings (SSSR count). The van der Waals surface area contributed by atoms with Crippen molar-refractivity contribution in [1.82, 2.24) is 4.31 Å². The summed E-state index contributed by atoms with van der Waals surface area (Å²) >= 11 is 0. The fourth-order valence-electron chi connectivity index (χ4n) is 3.86. The average molecular weight is 309 g/mol. The predicted molar refractivity (Wildman–Crippen MR) is 82.1 cm³/mol. The van der Waals surface area contributed by atoms with E-state index in [1.165, 1.54) is 12.8 Å². The van der Waals surface area contributed by atoms with E-state index < -0.39 is 10.0 Å². The minimum Gasteiger partial charge on any atom is -0.392 e. The van der Waals surface area contributed by atoms with Crippen molar-refractivity contribution in [2.75, 3.05) is 6.54 Å². The van der Waals surface area contributed by atoms with Crippen LogP contribution in [0, 0.1) is 5.92 Å². The highest BCUT2D eigenvalue weighted by Crippen LogP contribution is 2.38. The number of aliphatic hydroxyl groups excluding tert-OH is 1. The van der Waals surface area contributed by atoms with Crippen molar-refractivity contribution >= 4 is 10.0 Å². The highest BCUT2D eigenvalue weighted by molar-refractivity contribution is 7.88. The Labute approximate surface area is 126 Å². The lowest BCUT2D eigenvalue weighted by Gasteiger charge is -2.36. The maximum Gasteiger partial charge on any atom is 0.218 e. The molecular weight excluding hydrogens is 286 g/mol. The van der Waals surface area contributed by atoms with Crippen molar-refractivity contribution in [3.63, 3.8) is 0 Å². The van der Waals surface area contributed by atoms with Crippen LogP contribution in [0.5, 0.6) is 0 Å². The Balaban J connectivity index is 1.79. The molecule has 1 saturated carbocycles. The number of nitrogens with zero attached hydrogens (tertiary/aromatic N) is 1. The summed E-state index contributed by atoms with van der Waals surface area (Å²) < 4.78 is 27.3. The Morgan fingerprint density at radius 3 is 2.71 bits per heavy atom. The van der Waals surface area contributed by atoms with E-state index in [1.54, 1.807) is 10.4 Å². The highest BCUT2D eigenvalue weighted by atomic mass is 32.2. The molecule has 1 aliphatic carbocycles. The minimum absolute atomic E-state index is 0.0457. The van der Waals surface area contributed by atoms with Gasteiger partial charge in [-0.15, -0.1) is 0 Å². The molecular formula is C16H23NO3S. The molecule has 2 atom stereocenters. The molecule has 4 nitrogen and oxygen atoms in total. The number of aliphatic hydroxyl groups is 1. The first kappa shape index (κ1) is 15.0. The van der Waals surface area contributed by atoms with Gasteiger partial charge in [-0.05, 0) is 42.7 Å². The van der Waals surface area contributed by atoms with E-state index in [0.29, 0.717) is 12.5 Å². The third-order valence-electron chi connectivity index (χ3n) is 4.82. The molecule has 1 aliphatic heterocycles. The summed E-state index contributed by atoms with van der Waals surface area (Å²) in [5.74, 6) is 0.613. The number of fused-ring (bicyclic) bond motifs is 1. The van der Waals surface area contributed by atoms with Crippen molar-refractivity contribution in [3.8, 4) is 0 Å². The van der Waals surface area contributed by atoms with Gasteiger partial charge in [-0.1, -0.05) is 30.7 Å². The van der Waals surface area contributed by atoms with Crippen LogP contribution in [0.2, 0.25) is 0 Å². The molecule has 21 heavy (non-hydrogen) atoms. The number of benzene rings is 1. The zero-order valence-electron chi connectivity index (χ0n) is 12.2. The van der Waals surface area contributed by atoms with E-state index >= 15 is 0 Å². The van der Waals surface area contributed by atoms with Crippen LogP contribution in [0.25, 0.3) is 0 Å². The van der Waals surface area contributed by atoms with Crippen molar-refractivity contribution in [3.05, 3.63) is 35.4 Å². The van der Waals surface area contributed by atoms with Crippen LogP contribution < -0.4 is 0 Å². The molecule has 116 valence electrons. The molecule has 0 bridgehead atoms. The highest BCUT2D eigenvalue weighted by Gasteiger charge is 2.40. The third kappa shape index (κ3) is 3.15. The molecule has 1 aromatic carbocycles. The second-order valence-electron chi connectivity index (χ2n) is 6.25. The SMILES string of the molecule is O=S(=O)(Cc1cccc(CO)c1)N1CCCC2CCCC21. The molecule has 0 aromatic heterocycles. The minimum atomic E-state index is -3.26. The molecule has 2 fully saturated rings. The normalized spacial score (nSPS) is 26.7. The first-order valence-electron chi connectivity index (χ1n) is 7.78. The Morgan fingerprint density at radius 2 is 1.90 bits per heavy atom. The summed E-state index contributed by atoms with van der Waals surface area (Å²) in [6, 6.07) is 7.46. The number of hydrogen-bond donors (Lipinski definition) is 1. The number of hydrogen-bond acceptors (Lipinski definition) is 3. The second kappa shape index (κ2) is 6.07. The molecule has 0 amide bonds. The molecule has 1 heterocycles. The Bertz CT molecular complexity index is 599. The van der Waals surface area contributed by atoms with E-state index in [4.69, 9.17) is 0 Å². The number of sulfonamides is 1. The smallest absolute Gasteiger partial charge is 0.218 e. The quantitative estimate of drug-likeness (QED) is 0.928. The average Bonchev–Trinajstić information content (AvgIpc) is 2.95. The summed E-state index contributed by atoms with van der Waals surface area (Å²) in [6.45, 7) is 0.617. The van der Waals surface area contributed by atoms with Crippen LogP contribution in [-0.2, 0) is 22.4 Å². The Kier molecular flexibility index (Phi) is 4.33. The summed E-state index contributed by atoms with van der Waals surface area (Å²) in [5, 5.41) is 9.17. The number of rotatable bonds is 4. The van der Waals surface area contributed by atoms with E-state index in [1.807, 2.05) is 18.2 Å². The Morgan fingerprint density at radius 1 is 1.14 bits per heavy atom. The largest absolute Gasteiger partial charge is 0.392 e. The lowest BCUT2D eigenvalue weighted by atomic mass is 9.94. The molecule has 0 radical (unpaired) electrons. The third-order valence-corrected chi connectivity index (χ3v) is 6.69. The zero-order chi connectivity index (χ0) is 14.9. The van der Waals surface area contributed by atoms with Crippen LogP contribution in [0.4, 0.5) is 0 Å². The molecule has 2 aliphatic rings. The fourth-order valence-corrected chi connectivity index (χ4v) is 5.73. The van der Waals surface area contributed by atoms with Gasteiger partial charge < -0.3 is 5.11 Å². The fraction of sp³-hybridized carbons (Fsp3) is 0.625. The lowest BCUT2D eigenvalue weighted by molar-refractivity contribution is 0.202. The van der Waals surface area contributed by atoms with E-state index in [2.05, 4.69) is 0 Å². The van der Waals surface area contributed by atoms with Gasteiger partial charge in [0, 0.05) is 12.6 Å². The van der Waals surface area contributed by atoms with Gasteiger partial charge in [0.2, 0.25) is 10.0 Å². The van der Waals surface area contributed by atoms with Crippen LogP contribution in [0.1, 0.15) is 43.2 Å². The van der Waals surface area contributed by atoms with Gasteiger partial charge in [0.1, 0.15) is 0 Å². The van der Waals surface area contributed by atoms with E-state index in [9.17, 15) is 13.5 Å². The van der Waals surface area contributed by atoms with Crippen LogP contribution in [0.3, 0.4) is 0 Å². The van der Waals surface area contributed by atoms with Crippen LogP contribution >= 0.6 is 0 Å².